The predicted octanol–water partition coefficient (Wildman–Crippen LogP) is 2.51. The minimum absolute atomic E-state index is 0.624. The van der Waals surface area contributed by atoms with Crippen LogP contribution in [0, 0.1) is 4.77 Å². The van der Waals surface area contributed by atoms with Crippen molar-refractivity contribution in [3.05, 3.63) is 64.4 Å². The molecule has 0 spiro atoms. The van der Waals surface area contributed by atoms with Crippen molar-refractivity contribution >= 4 is 12.2 Å². The van der Waals surface area contributed by atoms with Gasteiger partial charge < -0.3 is 4.74 Å². The second-order valence-corrected chi connectivity index (χ2v) is 7.95. The summed E-state index contributed by atoms with van der Waals surface area (Å²) in [5, 5.41) is 8.49. The summed E-state index contributed by atoms with van der Waals surface area (Å²) in [5.74, 6) is 1.05. The van der Waals surface area contributed by atoms with Crippen LogP contribution in [0.4, 0.5) is 0 Å². The fourth-order valence-corrected chi connectivity index (χ4v) is 4.21. The zero-order chi connectivity index (χ0) is 19.6. The molecule has 3 heterocycles. The van der Waals surface area contributed by atoms with E-state index in [9.17, 15) is 0 Å². The molecule has 2 aromatic carbocycles. The van der Waals surface area contributed by atoms with E-state index in [0.717, 1.165) is 57.2 Å². The largest absolute Gasteiger partial charge is 0.493 e. The Kier molecular flexibility index (Phi) is 5.13. The van der Waals surface area contributed by atoms with Crippen molar-refractivity contribution in [2.24, 2.45) is 0 Å². The maximum absolute atomic E-state index is 5.61. The molecular formula is C21H24N6OS. The molecule has 150 valence electrons. The zero-order valence-electron chi connectivity index (χ0n) is 16.3. The highest BCUT2D eigenvalue weighted by Gasteiger charge is 2.19. The van der Waals surface area contributed by atoms with Crippen molar-refractivity contribution in [2.45, 2.75) is 19.6 Å². The van der Waals surface area contributed by atoms with Crippen LogP contribution in [0.2, 0.25) is 0 Å². The molecular weight excluding hydrogens is 384 g/mol. The Morgan fingerprint density at radius 2 is 1.72 bits per heavy atom. The zero-order valence-corrected chi connectivity index (χ0v) is 17.1. The number of hydrogen-bond donors (Lipinski definition) is 0. The van der Waals surface area contributed by atoms with E-state index in [2.05, 4.69) is 38.4 Å². The van der Waals surface area contributed by atoms with Crippen LogP contribution in [0.3, 0.4) is 0 Å². The maximum Gasteiger partial charge on any atom is 0.221 e. The number of ether oxygens (including phenoxy) is 1. The van der Waals surface area contributed by atoms with Gasteiger partial charge in [0.25, 0.3) is 0 Å². The van der Waals surface area contributed by atoms with Crippen molar-refractivity contribution in [2.75, 3.05) is 32.8 Å². The Labute approximate surface area is 175 Å². The summed E-state index contributed by atoms with van der Waals surface area (Å²) in [5.41, 5.74) is 3.65. The monoisotopic (exact) mass is 408 g/mol. The van der Waals surface area contributed by atoms with Crippen molar-refractivity contribution in [1.29, 1.82) is 0 Å². The molecule has 0 radical (unpaired) electrons. The molecule has 0 unspecified atom stereocenters. The molecule has 5 rings (SSSR count). The number of aromatic nitrogens is 4. The summed E-state index contributed by atoms with van der Waals surface area (Å²) in [7, 11) is 0. The minimum Gasteiger partial charge on any atom is -0.493 e. The SMILES string of the molecule is S=c1n(CN2CCN(Cc3ccc4c(c3)CCO4)CC2)nnn1-c1ccccc1. The highest BCUT2D eigenvalue weighted by Crippen LogP contribution is 2.26. The molecule has 29 heavy (non-hydrogen) atoms. The second kappa shape index (κ2) is 8.06. The molecule has 0 saturated carbocycles. The quantitative estimate of drug-likeness (QED) is 0.605. The molecule has 3 aromatic rings. The van der Waals surface area contributed by atoms with Gasteiger partial charge in [-0.3, -0.25) is 9.80 Å². The summed E-state index contributed by atoms with van der Waals surface area (Å²) in [6.45, 7) is 6.54. The third-order valence-electron chi connectivity index (χ3n) is 5.60. The number of tetrazole rings is 1. The van der Waals surface area contributed by atoms with Crippen molar-refractivity contribution in [1.82, 2.24) is 29.6 Å². The van der Waals surface area contributed by atoms with E-state index < -0.39 is 0 Å². The standard InChI is InChI=1S/C21H24N6OS/c29-21-26(22-23-27(21)19-4-2-1-3-5-19)16-25-11-9-24(10-12-25)15-17-6-7-20-18(14-17)8-13-28-20/h1-7,14H,8-13,15-16H2. The lowest BCUT2D eigenvalue weighted by molar-refractivity contribution is 0.0975. The number of benzene rings is 2. The molecule has 0 aliphatic carbocycles. The Balaban J connectivity index is 1.18. The van der Waals surface area contributed by atoms with E-state index in [4.69, 9.17) is 17.0 Å². The molecule has 2 aliphatic heterocycles. The highest BCUT2D eigenvalue weighted by atomic mass is 32.1. The first-order valence-electron chi connectivity index (χ1n) is 10.0. The van der Waals surface area contributed by atoms with Crippen molar-refractivity contribution < 1.29 is 4.74 Å². The summed E-state index contributed by atoms with van der Waals surface area (Å²) in [6, 6.07) is 16.5. The Hall–Kier alpha value is -2.55. The molecule has 8 heteroatoms. The van der Waals surface area contributed by atoms with Crippen LogP contribution in [0.1, 0.15) is 11.1 Å². The normalized spacial score (nSPS) is 17.2. The number of rotatable bonds is 5. The van der Waals surface area contributed by atoms with Crippen LogP contribution < -0.4 is 4.74 Å². The van der Waals surface area contributed by atoms with Crippen LogP contribution in [0.15, 0.2) is 48.5 Å². The van der Waals surface area contributed by atoms with Gasteiger partial charge in [0.05, 0.1) is 19.0 Å². The van der Waals surface area contributed by atoms with E-state index in [1.165, 1.54) is 11.1 Å². The lowest BCUT2D eigenvalue weighted by atomic mass is 10.1. The van der Waals surface area contributed by atoms with Gasteiger partial charge in [-0.05, 0) is 52.0 Å². The minimum atomic E-state index is 0.624. The summed E-state index contributed by atoms with van der Waals surface area (Å²) < 4.78 is 9.75. The lowest BCUT2D eigenvalue weighted by Gasteiger charge is -2.34. The van der Waals surface area contributed by atoms with E-state index in [1.807, 2.05) is 30.3 Å². The van der Waals surface area contributed by atoms with Gasteiger partial charge in [0.2, 0.25) is 4.77 Å². The number of para-hydroxylation sites is 1. The molecule has 1 saturated heterocycles. The topological polar surface area (TPSA) is 51.4 Å². The van der Waals surface area contributed by atoms with Gasteiger partial charge in [-0.1, -0.05) is 30.3 Å². The molecule has 1 fully saturated rings. The van der Waals surface area contributed by atoms with Crippen molar-refractivity contribution in [3.63, 3.8) is 0 Å². The van der Waals surface area contributed by atoms with E-state index >= 15 is 0 Å². The predicted molar refractivity (Wildman–Crippen MR) is 113 cm³/mol. The molecule has 0 bridgehead atoms. The molecule has 7 nitrogen and oxygen atoms in total. The second-order valence-electron chi connectivity index (χ2n) is 7.58. The average Bonchev–Trinajstić information content (AvgIpc) is 3.37. The smallest absolute Gasteiger partial charge is 0.221 e. The van der Waals surface area contributed by atoms with Crippen molar-refractivity contribution in [3.8, 4) is 11.4 Å². The van der Waals surface area contributed by atoms with Gasteiger partial charge in [0, 0.05) is 39.1 Å². The highest BCUT2D eigenvalue weighted by molar-refractivity contribution is 7.71. The van der Waals surface area contributed by atoms with Gasteiger partial charge in [-0.15, -0.1) is 0 Å². The first-order chi connectivity index (χ1) is 14.3. The Morgan fingerprint density at radius 1 is 0.931 bits per heavy atom. The van der Waals surface area contributed by atoms with Gasteiger partial charge in [-0.2, -0.15) is 4.68 Å². The first kappa shape index (κ1) is 18.5. The summed E-state index contributed by atoms with van der Waals surface area (Å²) in [4.78, 5) is 4.89. The maximum atomic E-state index is 5.61. The lowest BCUT2D eigenvalue weighted by Crippen LogP contribution is -2.46. The number of fused-ring (bicyclic) bond motifs is 1. The fourth-order valence-electron chi connectivity index (χ4n) is 3.97. The third-order valence-corrected chi connectivity index (χ3v) is 5.98. The summed E-state index contributed by atoms with van der Waals surface area (Å²) >= 11 is 5.58. The van der Waals surface area contributed by atoms with Crippen LogP contribution in [0.5, 0.6) is 5.75 Å². The third kappa shape index (κ3) is 3.96. The van der Waals surface area contributed by atoms with Gasteiger partial charge in [0.1, 0.15) is 5.75 Å². The van der Waals surface area contributed by atoms with E-state index in [0.29, 0.717) is 11.4 Å². The van der Waals surface area contributed by atoms with Gasteiger partial charge in [-0.25, -0.2) is 4.68 Å². The van der Waals surface area contributed by atoms with Gasteiger partial charge in [0.15, 0.2) is 0 Å². The molecule has 0 atom stereocenters. The number of hydrogen-bond acceptors (Lipinski definition) is 6. The van der Waals surface area contributed by atoms with E-state index in [-0.39, 0.29) is 0 Å². The molecule has 2 aliphatic rings. The van der Waals surface area contributed by atoms with Gasteiger partial charge >= 0.3 is 0 Å². The van der Waals surface area contributed by atoms with Crippen LogP contribution >= 0.6 is 12.2 Å². The fraction of sp³-hybridized carbons (Fsp3) is 0.381. The molecule has 0 N–H and O–H groups in total. The number of piperazine rings is 1. The molecule has 1 aromatic heterocycles. The first-order valence-corrected chi connectivity index (χ1v) is 10.4. The van der Waals surface area contributed by atoms with Crippen LogP contribution in [-0.4, -0.2) is 62.4 Å². The number of nitrogens with zero attached hydrogens (tertiary/aromatic N) is 6. The Morgan fingerprint density at radius 3 is 2.55 bits per heavy atom. The Bertz CT molecular complexity index is 1040. The average molecular weight is 409 g/mol. The molecule has 0 amide bonds. The van der Waals surface area contributed by atoms with E-state index in [1.54, 1.807) is 9.36 Å². The van der Waals surface area contributed by atoms with Crippen LogP contribution in [0.25, 0.3) is 5.69 Å². The summed E-state index contributed by atoms with van der Waals surface area (Å²) in [6.07, 6.45) is 1.03. The van der Waals surface area contributed by atoms with Crippen LogP contribution in [-0.2, 0) is 19.6 Å².